The van der Waals surface area contributed by atoms with Gasteiger partial charge in [-0.15, -0.1) is 0 Å². The Morgan fingerprint density at radius 1 is 1.21 bits per heavy atom. The summed E-state index contributed by atoms with van der Waals surface area (Å²) in [5.41, 5.74) is 1.16. The van der Waals surface area contributed by atoms with Crippen LogP contribution in [0.15, 0.2) is 18.3 Å². The highest BCUT2D eigenvalue weighted by Gasteiger charge is 2.33. The molecule has 0 saturated carbocycles. The van der Waals surface area contributed by atoms with E-state index in [1.807, 2.05) is 24.2 Å². The molecule has 2 saturated heterocycles. The third-order valence-corrected chi connectivity index (χ3v) is 6.39. The second kappa shape index (κ2) is 6.76. The third kappa shape index (κ3) is 3.59. The van der Waals surface area contributed by atoms with E-state index in [1.165, 1.54) is 10.6 Å². The van der Waals surface area contributed by atoms with Crippen molar-refractivity contribution in [2.24, 2.45) is 7.05 Å². The van der Waals surface area contributed by atoms with Crippen molar-refractivity contribution in [3.8, 4) is 0 Å². The van der Waals surface area contributed by atoms with Gasteiger partial charge in [0.15, 0.2) is 0 Å². The maximum atomic E-state index is 12.7. The van der Waals surface area contributed by atoms with Crippen LogP contribution in [0.4, 0.5) is 4.79 Å². The van der Waals surface area contributed by atoms with Crippen molar-refractivity contribution in [2.45, 2.75) is 37.8 Å². The lowest BCUT2D eigenvalue weighted by Crippen LogP contribution is -2.50. The Bertz CT molecular complexity index is 692. The molecule has 1 aromatic rings. The van der Waals surface area contributed by atoms with Crippen molar-refractivity contribution in [3.63, 3.8) is 0 Å². The van der Waals surface area contributed by atoms with Gasteiger partial charge in [-0.05, 0) is 37.8 Å². The number of carbonyl (C=O) groups excluding carboxylic acids is 1. The Morgan fingerprint density at radius 2 is 1.92 bits per heavy atom. The first kappa shape index (κ1) is 17.3. The number of likely N-dealkylation sites (tertiary alicyclic amines) is 1. The van der Waals surface area contributed by atoms with Gasteiger partial charge in [-0.3, -0.25) is 0 Å². The van der Waals surface area contributed by atoms with Crippen LogP contribution in [0.5, 0.6) is 0 Å². The predicted octanol–water partition coefficient (Wildman–Crippen LogP) is 1.30. The molecule has 1 atom stereocenters. The average molecular weight is 354 g/mol. The topological polar surface area (TPSA) is 74.7 Å². The minimum Gasteiger partial charge on any atom is -0.353 e. The maximum absolute atomic E-state index is 12.7. The smallest absolute Gasteiger partial charge is 0.318 e. The molecule has 24 heavy (non-hydrogen) atoms. The van der Waals surface area contributed by atoms with Gasteiger partial charge >= 0.3 is 6.03 Å². The van der Waals surface area contributed by atoms with Gasteiger partial charge in [0.25, 0.3) is 0 Å². The minimum atomic E-state index is -3.13. The Balaban J connectivity index is 1.58. The highest BCUT2D eigenvalue weighted by Crippen LogP contribution is 2.32. The van der Waals surface area contributed by atoms with Gasteiger partial charge in [0, 0.05) is 44.6 Å². The van der Waals surface area contributed by atoms with E-state index < -0.39 is 10.0 Å². The Morgan fingerprint density at radius 3 is 2.50 bits per heavy atom. The summed E-state index contributed by atoms with van der Waals surface area (Å²) < 4.78 is 26.7. The molecule has 0 radical (unpaired) electrons. The predicted molar refractivity (Wildman–Crippen MR) is 92.1 cm³/mol. The zero-order chi connectivity index (χ0) is 17.3. The normalized spacial score (nSPS) is 23.6. The van der Waals surface area contributed by atoms with E-state index in [-0.39, 0.29) is 18.1 Å². The molecule has 0 bridgehead atoms. The molecule has 2 aliphatic heterocycles. The van der Waals surface area contributed by atoms with Crippen LogP contribution in [0.3, 0.4) is 0 Å². The lowest BCUT2D eigenvalue weighted by atomic mass is 10.1. The molecule has 0 spiro atoms. The number of aromatic nitrogens is 1. The van der Waals surface area contributed by atoms with Gasteiger partial charge in [0.05, 0.1) is 12.3 Å². The van der Waals surface area contributed by atoms with E-state index in [2.05, 4.69) is 16.0 Å². The largest absolute Gasteiger partial charge is 0.353 e. The average Bonchev–Trinajstić information content (AvgIpc) is 3.15. The van der Waals surface area contributed by atoms with Crippen molar-refractivity contribution >= 4 is 16.1 Å². The van der Waals surface area contributed by atoms with Gasteiger partial charge in [-0.25, -0.2) is 17.5 Å². The Hall–Kier alpha value is -1.54. The van der Waals surface area contributed by atoms with Gasteiger partial charge < -0.3 is 14.8 Å². The first-order chi connectivity index (χ1) is 11.4. The van der Waals surface area contributed by atoms with Gasteiger partial charge in [-0.2, -0.15) is 0 Å². The summed E-state index contributed by atoms with van der Waals surface area (Å²) in [5, 5.41) is 3.10. The number of hydrogen-bond donors (Lipinski definition) is 1. The number of nitrogens with zero attached hydrogens (tertiary/aromatic N) is 3. The molecular weight excluding hydrogens is 328 g/mol. The summed E-state index contributed by atoms with van der Waals surface area (Å²) in [6, 6.07) is 4.22. The number of carbonyl (C=O) groups is 1. The molecular formula is C16H26N4O3S. The van der Waals surface area contributed by atoms with Crippen LogP contribution in [-0.4, -0.2) is 60.2 Å². The molecule has 0 aliphatic carbocycles. The van der Waals surface area contributed by atoms with Crippen LogP contribution in [-0.2, 0) is 17.1 Å². The van der Waals surface area contributed by atoms with Gasteiger partial charge in [0.1, 0.15) is 0 Å². The van der Waals surface area contributed by atoms with Crippen LogP contribution in [0.25, 0.3) is 0 Å². The second-order valence-electron chi connectivity index (χ2n) is 6.78. The number of amides is 2. The standard InChI is InChI=1S/C16H26N4O3S/c1-18-9-3-5-14(18)15-6-4-10-20(15)16(21)17-13-7-11-19(12-8-13)24(2,22)23/h3,5,9,13,15H,4,6-8,10-12H2,1-2H3,(H,17,21). The van der Waals surface area contributed by atoms with Crippen LogP contribution in [0.2, 0.25) is 0 Å². The number of piperidine rings is 1. The monoisotopic (exact) mass is 354 g/mol. The first-order valence-electron chi connectivity index (χ1n) is 8.50. The molecule has 0 aromatic carbocycles. The number of urea groups is 1. The molecule has 3 rings (SSSR count). The molecule has 8 heteroatoms. The maximum Gasteiger partial charge on any atom is 0.318 e. The van der Waals surface area contributed by atoms with E-state index in [0.29, 0.717) is 25.9 Å². The van der Waals surface area contributed by atoms with Crippen molar-refractivity contribution < 1.29 is 13.2 Å². The number of nitrogens with one attached hydrogen (secondary N) is 1. The Labute approximate surface area is 143 Å². The zero-order valence-corrected chi connectivity index (χ0v) is 15.1. The molecule has 2 amide bonds. The molecule has 1 aromatic heterocycles. The van der Waals surface area contributed by atoms with E-state index in [4.69, 9.17) is 0 Å². The van der Waals surface area contributed by atoms with Crippen molar-refractivity contribution in [3.05, 3.63) is 24.0 Å². The lowest BCUT2D eigenvalue weighted by molar-refractivity contribution is 0.181. The summed E-state index contributed by atoms with van der Waals surface area (Å²) in [7, 11) is -1.12. The summed E-state index contributed by atoms with van der Waals surface area (Å²) in [4.78, 5) is 14.6. The van der Waals surface area contributed by atoms with Crippen molar-refractivity contribution in [2.75, 3.05) is 25.9 Å². The second-order valence-corrected chi connectivity index (χ2v) is 8.76. The van der Waals surface area contributed by atoms with E-state index >= 15 is 0 Å². The molecule has 134 valence electrons. The first-order valence-corrected chi connectivity index (χ1v) is 10.3. The van der Waals surface area contributed by atoms with Crippen LogP contribution < -0.4 is 5.32 Å². The van der Waals surface area contributed by atoms with Gasteiger partial charge in [0.2, 0.25) is 10.0 Å². The summed E-state index contributed by atoms with van der Waals surface area (Å²) >= 11 is 0. The number of hydrogen-bond acceptors (Lipinski definition) is 3. The van der Waals surface area contributed by atoms with E-state index in [0.717, 1.165) is 25.1 Å². The number of rotatable bonds is 3. The van der Waals surface area contributed by atoms with Crippen LogP contribution in [0, 0.1) is 0 Å². The number of aryl methyl sites for hydroxylation is 1. The Kier molecular flexibility index (Phi) is 4.87. The van der Waals surface area contributed by atoms with Crippen LogP contribution in [0.1, 0.15) is 37.4 Å². The molecule has 3 heterocycles. The van der Waals surface area contributed by atoms with E-state index in [1.54, 1.807) is 0 Å². The third-order valence-electron chi connectivity index (χ3n) is 5.09. The van der Waals surface area contributed by atoms with Crippen molar-refractivity contribution in [1.29, 1.82) is 0 Å². The fourth-order valence-electron chi connectivity index (χ4n) is 3.73. The summed E-state index contributed by atoms with van der Waals surface area (Å²) in [5.74, 6) is 0. The van der Waals surface area contributed by atoms with Gasteiger partial charge in [-0.1, -0.05) is 0 Å². The summed E-state index contributed by atoms with van der Waals surface area (Å²) in [6.45, 7) is 1.72. The SMILES string of the molecule is Cn1cccc1C1CCCN1C(=O)NC1CCN(S(C)(=O)=O)CC1. The zero-order valence-electron chi connectivity index (χ0n) is 14.3. The quantitative estimate of drug-likeness (QED) is 0.889. The fraction of sp³-hybridized carbons (Fsp3) is 0.688. The molecule has 2 aliphatic rings. The molecule has 1 N–H and O–H groups in total. The fourth-order valence-corrected chi connectivity index (χ4v) is 4.60. The lowest BCUT2D eigenvalue weighted by Gasteiger charge is -2.33. The number of sulfonamides is 1. The van der Waals surface area contributed by atoms with Crippen molar-refractivity contribution in [1.82, 2.24) is 19.1 Å². The highest BCUT2D eigenvalue weighted by molar-refractivity contribution is 7.88. The summed E-state index contributed by atoms with van der Waals surface area (Å²) in [6.07, 6.45) is 6.57. The molecule has 2 fully saturated rings. The van der Waals surface area contributed by atoms with E-state index in [9.17, 15) is 13.2 Å². The minimum absolute atomic E-state index is 0.0310. The highest BCUT2D eigenvalue weighted by atomic mass is 32.2. The van der Waals surface area contributed by atoms with Crippen LogP contribution >= 0.6 is 0 Å². The molecule has 1 unspecified atom stereocenters. The molecule has 7 nitrogen and oxygen atoms in total.